The summed E-state index contributed by atoms with van der Waals surface area (Å²) >= 11 is 6.37. The Balaban J connectivity index is 1.56. The van der Waals surface area contributed by atoms with E-state index >= 15 is 0 Å². The summed E-state index contributed by atoms with van der Waals surface area (Å²) in [6.07, 6.45) is 6.60. The number of terminal acetylenes is 1. The molecular weight excluding hydrogens is 520 g/mol. The van der Waals surface area contributed by atoms with Gasteiger partial charge in [0.25, 0.3) is 11.8 Å². The zero-order valence-electron chi connectivity index (χ0n) is 21.3. The van der Waals surface area contributed by atoms with Crippen molar-refractivity contribution in [3.63, 3.8) is 0 Å². The van der Waals surface area contributed by atoms with E-state index < -0.39 is 17.8 Å². The molecule has 1 saturated heterocycles. The third-order valence-corrected chi connectivity index (χ3v) is 5.95. The van der Waals surface area contributed by atoms with E-state index in [2.05, 4.69) is 11.2 Å². The predicted octanol–water partition coefficient (Wildman–Crippen LogP) is 5.30. The number of urea groups is 1. The van der Waals surface area contributed by atoms with Crippen LogP contribution >= 0.6 is 11.6 Å². The van der Waals surface area contributed by atoms with Crippen LogP contribution < -0.4 is 24.4 Å². The maximum atomic E-state index is 13.3. The summed E-state index contributed by atoms with van der Waals surface area (Å²) in [7, 11) is 0. The Bertz CT molecular complexity index is 1470. The summed E-state index contributed by atoms with van der Waals surface area (Å²) in [5.74, 6) is 1.84. The van der Waals surface area contributed by atoms with Crippen molar-refractivity contribution in [1.29, 1.82) is 0 Å². The lowest BCUT2D eigenvalue weighted by molar-refractivity contribution is -0.122. The van der Waals surface area contributed by atoms with Crippen molar-refractivity contribution in [2.45, 2.75) is 20.5 Å². The van der Waals surface area contributed by atoms with Crippen LogP contribution in [-0.4, -0.2) is 31.1 Å². The summed E-state index contributed by atoms with van der Waals surface area (Å²) in [5, 5.41) is 2.39. The van der Waals surface area contributed by atoms with Gasteiger partial charge in [0.1, 0.15) is 24.5 Å². The highest BCUT2D eigenvalue weighted by Crippen LogP contribution is 2.37. The third kappa shape index (κ3) is 6.40. The van der Waals surface area contributed by atoms with Crippen molar-refractivity contribution < 1.29 is 28.6 Å². The second-order valence-corrected chi connectivity index (χ2v) is 8.89. The Labute approximate surface area is 231 Å². The van der Waals surface area contributed by atoms with Crippen molar-refractivity contribution >= 4 is 41.2 Å². The molecule has 1 fully saturated rings. The number of halogens is 1. The second-order valence-electron chi connectivity index (χ2n) is 8.48. The van der Waals surface area contributed by atoms with E-state index in [1.807, 2.05) is 31.2 Å². The summed E-state index contributed by atoms with van der Waals surface area (Å²) in [5.41, 5.74) is 2.56. The first kappa shape index (κ1) is 27.3. The van der Waals surface area contributed by atoms with Gasteiger partial charge < -0.3 is 14.2 Å². The molecule has 1 N–H and O–H groups in total. The SMILES string of the molecule is C#CCOc1c(Cl)cc(/C=C2\C(=O)NC(=O)N(c3ccc(OCc4ccc(C)cc4)cc3)C2=O)cc1OCC. The van der Waals surface area contributed by atoms with Crippen LogP contribution in [0.3, 0.4) is 0 Å². The van der Waals surface area contributed by atoms with Crippen molar-refractivity contribution in [1.82, 2.24) is 5.32 Å². The number of nitrogens with zero attached hydrogens (tertiary/aromatic N) is 1. The number of benzene rings is 3. The standard InChI is InChI=1S/C30H25ClN2O6/c1-4-14-38-27-25(31)16-21(17-26(27)37-5-2)15-24-28(34)32-30(36)33(29(24)35)22-10-12-23(13-11-22)39-18-20-8-6-19(3)7-9-20/h1,6-13,15-17H,5,14,18H2,2-3H3,(H,32,34,36)/b24-15+. The lowest BCUT2D eigenvalue weighted by Gasteiger charge is -2.26. The normalized spacial score (nSPS) is 14.2. The highest BCUT2D eigenvalue weighted by Gasteiger charge is 2.37. The van der Waals surface area contributed by atoms with Gasteiger partial charge >= 0.3 is 6.03 Å². The number of anilines is 1. The molecule has 0 aromatic heterocycles. The predicted molar refractivity (Wildman–Crippen MR) is 148 cm³/mol. The zero-order chi connectivity index (χ0) is 27.9. The van der Waals surface area contributed by atoms with Gasteiger partial charge in [-0.3, -0.25) is 14.9 Å². The zero-order valence-corrected chi connectivity index (χ0v) is 22.1. The highest BCUT2D eigenvalue weighted by atomic mass is 35.5. The number of ether oxygens (including phenoxy) is 3. The van der Waals surface area contributed by atoms with Crippen LogP contribution in [0.25, 0.3) is 6.08 Å². The number of barbiturate groups is 1. The van der Waals surface area contributed by atoms with Crippen LogP contribution in [-0.2, 0) is 16.2 Å². The molecule has 1 aliphatic heterocycles. The van der Waals surface area contributed by atoms with Gasteiger partial charge in [0.2, 0.25) is 0 Å². The first-order chi connectivity index (χ1) is 18.8. The number of rotatable bonds is 9. The van der Waals surface area contributed by atoms with Gasteiger partial charge in [0, 0.05) is 0 Å². The maximum Gasteiger partial charge on any atom is 0.335 e. The van der Waals surface area contributed by atoms with E-state index in [0.717, 1.165) is 16.0 Å². The first-order valence-corrected chi connectivity index (χ1v) is 12.4. The minimum atomic E-state index is -0.860. The van der Waals surface area contributed by atoms with Gasteiger partial charge in [-0.2, -0.15) is 0 Å². The fourth-order valence-corrected chi connectivity index (χ4v) is 4.06. The van der Waals surface area contributed by atoms with Crippen molar-refractivity contribution in [2.75, 3.05) is 18.1 Å². The molecule has 3 aromatic rings. The summed E-state index contributed by atoms with van der Waals surface area (Å²) < 4.78 is 16.9. The number of aryl methyl sites for hydroxylation is 1. The van der Waals surface area contributed by atoms with Gasteiger partial charge in [0.05, 0.1) is 17.3 Å². The molecule has 9 heteroatoms. The van der Waals surface area contributed by atoms with Crippen LogP contribution in [0.15, 0.2) is 66.2 Å². The van der Waals surface area contributed by atoms with Crippen molar-refractivity contribution in [3.05, 3.63) is 87.9 Å². The lowest BCUT2D eigenvalue weighted by atomic mass is 10.1. The number of nitrogens with one attached hydrogen (secondary N) is 1. The highest BCUT2D eigenvalue weighted by molar-refractivity contribution is 6.39. The van der Waals surface area contributed by atoms with E-state index in [4.69, 9.17) is 32.2 Å². The first-order valence-electron chi connectivity index (χ1n) is 12.0. The van der Waals surface area contributed by atoms with E-state index in [9.17, 15) is 14.4 Å². The minimum Gasteiger partial charge on any atom is -0.490 e. The van der Waals surface area contributed by atoms with Crippen molar-refractivity contribution in [3.8, 4) is 29.6 Å². The molecule has 0 saturated carbocycles. The molecular formula is C30H25ClN2O6. The molecule has 0 unspecified atom stereocenters. The van der Waals surface area contributed by atoms with Gasteiger partial charge in [-0.25, -0.2) is 9.69 Å². The molecule has 1 heterocycles. The van der Waals surface area contributed by atoms with Crippen LogP contribution in [0.2, 0.25) is 5.02 Å². The Morgan fingerprint density at radius 3 is 2.38 bits per heavy atom. The summed E-state index contributed by atoms with van der Waals surface area (Å²) in [6, 6.07) is 16.6. The molecule has 39 heavy (non-hydrogen) atoms. The number of amides is 4. The molecule has 4 rings (SSSR count). The molecule has 8 nitrogen and oxygen atoms in total. The average molecular weight is 545 g/mol. The molecule has 4 amide bonds. The Morgan fingerprint density at radius 2 is 1.72 bits per heavy atom. The molecule has 3 aromatic carbocycles. The second kappa shape index (κ2) is 12.2. The average Bonchev–Trinajstić information content (AvgIpc) is 2.91. The maximum absolute atomic E-state index is 13.3. The van der Waals surface area contributed by atoms with Crippen LogP contribution in [0.1, 0.15) is 23.6 Å². The fourth-order valence-electron chi connectivity index (χ4n) is 3.79. The van der Waals surface area contributed by atoms with Crippen molar-refractivity contribution in [2.24, 2.45) is 0 Å². The van der Waals surface area contributed by atoms with Gasteiger partial charge in [-0.05, 0) is 67.4 Å². The monoisotopic (exact) mass is 544 g/mol. The molecule has 198 valence electrons. The number of hydrogen-bond acceptors (Lipinski definition) is 6. The van der Waals surface area contributed by atoms with E-state index in [-0.39, 0.29) is 28.6 Å². The van der Waals surface area contributed by atoms with E-state index in [1.54, 1.807) is 37.3 Å². The third-order valence-electron chi connectivity index (χ3n) is 5.67. The molecule has 0 aliphatic carbocycles. The van der Waals surface area contributed by atoms with Gasteiger partial charge in [-0.1, -0.05) is 47.4 Å². The molecule has 1 aliphatic rings. The largest absolute Gasteiger partial charge is 0.490 e. The quantitative estimate of drug-likeness (QED) is 0.223. The van der Waals surface area contributed by atoms with Gasteiger partial charge in [-0.15, -0.1) is 6.42 Å². The van der Waals surface area contributed by atoms with Crippen LogP contribution in [0, 0.1) is 19.3 Å². The minimum absolute atomic E-state index is 0.0199. The molecule has 0 radical (unpaired) electrons. The number of carbonyl (C=O) groups is 3. The topological polar surface area (TPSA) is 94.2 Å². The van der Waals surface area contributed by atoms with Crippen LogP contribution in [0.4, 0.5) is 10.5 Å². The number of carbonyl (C=O) groups excluding carboxylic acids is 3. The molecule has 0 bridgehead atoms. The Kier molecular flexibility index (Phi) is 8.54. The molecule has 0 atom stereocenters. The fraction of sp³-hybridized carbons (Fsp3) is 0.167. The number of hydrogen-bond donors (Lipinski definition) is 1. The van der Waals surface area contributed by atoms with Crippen LogP contribution in [0.5, 0.6) is 17.2 Å². The summed E-state index contributed by atoms with van der Waals surface area (Å²) in [4.78, 5) is 39.4. The lowest BCUT2D eigenvalue weighted by Crippen LogP contribution is -2.54. The van der Waals surface area contributed by atoms with E-state index in [1.165, 1.54) is 12.1 Å². The molecule has 0 spiro atoms. The van der Waals surface area contributed by atoms with Gasteiger partial charge in [0.15, 0.2) is 11.5 Å². The Morgan fingerprint density at radius 1 is 1.00 bits per heavy atom. The number of imide groups is 2. The Hall–Kier alpha value is -4.74. The van der Waals surface area contributed by atoms with E-state index in [0.29, 0.717) is 30.3 Å². The smallest absolute Gasteiger partial charge is 0.335 e. The summed E-state index contributed by atoms with van der Waals surface area (Å²) in [6.45, 7) is 4.45.